The van der Waals surface area contributed by atoms with Crippen molar-refractivity contribution in [3.8, 4) is 0 Å². The Balaban J connectivity index is 1.83. The minimum atomic E-state index is -2.92. The van der Waals surface area contributed by atoms with Crippen molar-refractivity contribution >= 4 is 9.84 Å². The molecule has 1 aliphatic carbocycles. The average Bonchev–Trinajstić information content (AvgIpc) is 2.86. The number of hydrogen-bond acceptors (Lipinski definition) is 4. The number of aromatic nitrogens is 2. The molecule has 0 bridgehead atoms. The molecule has 6 heteroatoms. The maximum atomic E-state index is 11.6. The number of hydrogen-bond donors (Lipinski definition) is 1. The van der Waals surface area contributed by atoms with E-state index in [1.54, 1.807) is 4.68 Å². The first-order valence-electron chi connectivity index (χ1n) is 6.36. The predicted molar refractivity (Wildman–Crippen MR) is 71.2 cm³/mol. The molecule has 1 heterocycles. The molecule has 1 fully saturated rings. The Morgan fingerprint density at radius 1 is 1.50 bits per heavy atom. The summed E-state index contributed by atoms with van der Waals surface area (Å²) in [6, 6.07) is 0.122. The standard InChI is InChI=1S/C12H21N3O2S/c1-15-9-10(8-14-15)6-7-13-11-4-3-5-12(11)18(2,16)17/h8-9,11-13H,3-7H2,1-2H3. The third-order valence-electron chi connectivity index (χ3n) is 3.58. The lowest BCUT2D eigenvalue weighted by Gasteiger charge is -2.19. The van der Waals surface area contributed by atoms with Crippen LogP contribution in [0.25, 0.3) is 0 Å². The van der Waals surface area contributed by atoms with Crippen LogP contribution in [-0.2, 0) is 23.3 Å². The van der Waals surface area contributed by atoms with E-state index < -0.39 is 9.84 Å². The molecule has 1 N–H and O–H groups in total. The Morgan fingerprint density at radius 3 is 2.89 bits per heavy atom. The Hall–Kier alpha value is -0.880. The zero-order chi connectivity index (χ0) is 13.2. The minimum Gasteiger partial charge on any atom is -0.312 e. The van der Waals surface area contributed by atoms with Crippen molar-refractivity contribution in [3.63, 3.8) is 0 Å². The summed E-state index contributed by atoms with van der Waals surface area (Å²) in [4.78, 5) is 0. The second-order valence-corrected chi connectivity index (χ2v) is 7.40. The number of aryl methyl sites for hydroxylation is 1. The maximum Gasteiger partial charge on any atom is 0.151 e. The molecule has 0 radical (unpaired) electrons. The van der Waals surface area contributed by atoms with E-state index in [2.05, 4.69) is 10.4 Å². The maximum absolute atomic E-state index is 11.6. The molecule has 0 aromatic carbocycles. The van der Waals surface area contributed by atoms with E-state index in [1.165, 1.54) is 11.8 Å². The molecule has 1 aliphatic rings. The molecule has 2 atom stereocenters. The molecular formula is C12H21N3O2S. The van der Waals surface area contributed by atoms with Crippen molar-refractivity contribution in [2.45, 2.75) is 37.0 Å². The van der Waals surface area contributed by atoms with E-state index in [0.717, 1.165) is 32.2 Å². The van der Waals surface area contributed by atoms with Crippen molar-refractivity contribution in [2.75, 3.05) is 12.8 Å². The predicted octanol–water partition coefficient (Wildman–Crippen LogP) is 0.518. The summed E-state index contributed by atoms with van der Waals surface area (Å²) >= 11 is 0. The lowest BCUT2D eigenvalue weighted by molar-refractivity contribution is 0.510. The molecule has 2 rings (SSSR count). The van der Waals surface area contributed by atoms with Gasteiger partial charge in [-0.1, -0.05) is 6.42 Å². The van der Waals surface area contributed by atoms with Crippen LogP contribution in [0.5, 0.6) is 0 Å². The quantitative estimate of drug-likeness (QED) is 0.848. The topological polar surface area (TPSA) is 64.0 Å². The molecule has 0 aliphatic heterocycles. The average molecular weight is 271 g/mol. The van der Waals surface area contributed by atoms with Crippen molar-refractivity contribution in [1.29, 1.82) is 0 Å². The summed E-state index contributed by atoms with van der Waals surface area (Å²) in [5.74, 6) is 0. The fraction of sp³-hybridized carbons (Fsp3) is 0.750. The molecule has 102 valence electrons. The summed E-state index contributed by atoms with van der Waals surface area (Å²) in [6.45, 7) is 0.808. The van der Waals surface area contributed by atoms with Crippen LogP contribution < -0.4 is 5.32 Å². The second-order valence-electron chi connectivity index (χ2n) is 5.13. The van der Waals surface area contributed by atoms with Gasteiger partial charge in [0.25, 0.3) is 0 Å². The summed E-state index contributed by atoms with van der Waals surface area (Å²) in [7, 11) is -1.03. The zero-order valence-corrected chi connectivity index (χ0v) is 11.8. The smallest absolute Gasteiger partial charge is 0.151 e. The highest BCUT2D eigenvalue weighted by atomic mass is 32.2. The van der Waals surface area contributed by atoms with Crippen molar-refractivity contribution < 1.29 is 8.42 Å². The van der Waals surface area contributed by atoms with E-state index in [-0.39, 0.29) is 11.3 Å². The van der Waals surface area contributed by atoms with Gasteiger partial charge in [0.2, 0.25) is 0 Å². The van der Waals surface area contributed by atoms with Gasteiger partial charge in [-0.05, 0) is 31.4 Å². The summed E-state index contributed by atoms with van der Waals surface area (Å²) in [6.07, 6.45) is 8.84. The fourth-order valence-corrected chi connectivity index (χ4v) is 4.10. The summed E-state index contributed by atoms with van der Waals surface area (Å²) in [5.41, 5.74) is 1.18. The molecule has 0 spiro atoms. The largest absolute Gasteiger partial charge is 0.312 e. The first-order chi connectivity index (χ1) is 8.47. The van der Waals surface area contributed by atoms with Gasteiger partial charge in [-0.3, -0.25) is 4.68 Å². The van der Waals surface area contributed by atoms with Gasteiger partial charge in [-0.15, -0.1) is 0 Å². The van der Waals surface area contributed by atoms with E-state index in [4.69, 9.17) is 0 Å². The van der Waals surface area contributed by atoms with Crippen molar-refractivity contribution in [1.82, 2.24) is 15.1 Å². The molecule has 1 aromatic heterocycles. The lowest BCUT2D eigenvalue weighted by atomic mass is 10.2. The number of nitrogens with zero attached hydrogens (tertiary/aromatic N) is 2. The van der Waals surface area contributed by atoms with Crippen LogP contribution >= 0.6 is 0 Å². The van der Waals surface area contributed by atoms with Gasteiger partial charge < -0.3 is 5.32 Å². The molecule has 1 saturated carbocycles. The van der Waals surface area contributed by atoms with Crippen molar-refractivity contribution in [2.24, 2.45) is 7.05 Å². The van der Waals surface area contributed by atoms with Crippen molar-refractivity contribution in [3.05, 3.63) is 18.0 Å². The third-order valence-corrected chi connectivity index (χ3v) is 5.25. The SMILES string of the molecule is Cn1cc(CCNC2CCCC2S(C)(=O)=O)cn1. The fourth-order valence-electron chi connectivity index (χ4n) is 2.67. The normalized spacial score (nSPS) is 24.6. The summed E-state index contributed by atoms with van der Waals surface area (Å²) < 4.78 is 25.0. The van der Waals surface area contributed by atoms with Gasteiger partial charge in [0, 0.05) is 25.5 Å². The van der Waals surface area contributed by atoms with E-state index in [1.807, 2.05) is 19.4 Å². The highest BCUT2D eigenvalue weighted by Gasteiger charge is 2.34. The lowest BCUT2D eigenvalue weighted by Crippen LogP contribution is -2.40. The summed E-state index contributed by atoms with van der Waals surface area (Å²) in [5, 5.41) is 7.29. The molecule has 0 amide bonds. The monoisotopic (exact) mass is 271 g/mol. The van der Waals surface area contributed by atoms with Crippen LogP contribution in [0.3, 0.4) is 0 Å². The molecule has 0 saturated heterocycles. The second kappa shape index (κ2) is 5.40. The molecule has 5 nitrogen and oxygen atoms in total. The third kappa shape index (κ3) is 3.32. The molecule has 18 heavy (non-hydrogen) atoms. The van der Waals surface area contributed by atoms with Gasteiger partial charge >= 0.3 is 0 Å². The van der Waals surface area contributed by atoms with Crippen LogP contribution in [-0.4, -0.2) is 42.3 Å². The Kier molecular flexibility index (Phi) is 4.07. The zero-order valence-electron chi connectivity index (χ0n) is 11.0. The van der Waals surface area contributed by atoms with Gasteiger partial charge in [0.15, 0.2) is 9.84 Å². The van der Waals surface area contributed by atoms with Gasteiger partial charge in [-0.25, -0.2) is 8.42 Å². The first kappa shape index (κ1) is 13.5. The van der Waals surface area contributed by atoms with E-state index in [0.29, 0.717) is 0 Å². The van der Waals surface area contributed by atoms with Gasteiger partial charge in [0.05, 0.1) is 11.4 Å². The van der Waals surface area contributed by atoms with Crippen LogP contribution in [0.15, 0.2) is 12.4 Å². The highest BCUT2D eigenvalue weighted by Crippen LogP contribution is 2.24. The molecule has 2 unspecified atom stereocenters. The number of nitrogens with one attached hydrogen (secondary N) is 1. The number of sulfone groups is 1. The van der Waals surface area contributed by atoms with E-state index in [9.17, 15) is 8.42 Å². The van der Waals surface area contributed by atoms with Crippen LogP contribution in [0.2, 0.25) is 0 Å². The highest BCUT2D eigenvalue weighted by molar-refractivity contribution is 7.91. The first-order valence-corrected chi connectivity index (χ1v) is 8.32. The molecule has 1 aromatic rings. The van der Waals surface area contributed by atoms with Gasteiger partial charge in [-0.2, -0.15) is 5.10 Å². The Bertz CT molecular complexity index is 495. The minimum absolute atomic E-state index is 0.122. The Labute approximate surface area is 108 Å². The molecular weight excluding hydrogens is 250 g/mol. The van der Waals surface area contributed by atoms with Crippen LogP contribution in [0.1, 0.15) is 24.8 Å². The van der Waals surface area contributed by atoms with Gasteiger partial charge in [0.1, 0.15) is 0 Å². The Morgan fingerprint density at radius 2 is 2.28 bits per heavy atom. The van der Waals surface area contributed by atoms with Crippen LogP contribution in [0.4, 0.5) is 0 Å². The van der Waals surface area contributed by atoms with Crippen LogP contribution in [0, 0.1) is 0 Å². The van der Waals surface area contributed by atoms with E-state index >= 15 is 0 Å². The number of rotatable bonds is 5.